The van der Waals surface area contributed by atoms with Crippen LogP contribution in [0.3, 0.4) is 0 Å². The minimum Gasteiger partial charge on any atom is -0.496 e. The van der Waals surface area contributed by atoms with Crippen LogP contribution in [0.1, 0.15) is 5.56 Å². The summed E-state index contributed by atoms with van der Waals surface area (Å²) in [4.78, 5) is 12.2. The number of sulfone groups is 1. The van der Waals surface area contributed by atoms with Crippen molar-refractivity contribution in [1.29, 1.82) is 0 Å². The van der Waals surface area contributed by atoms with Crippen LogP contribution in [0.2, 0.25) is 5.02 Å². The van der Waals surface area contributed by atoms with E-state index in [0.29, 0.717) is 27.8 Å². The summed E-state index contributed by atoms with van der Waals surface area (Å²) in [5, 5.41) is 5.63. The second-order valence-corrected chi connectivity index (χ2v) is 8.44. The number of halogens is 1. The molecule has 0 saturated heterocycles. The van der Waals surface area contributed by atoms with Crippen molar-refractivity contribution in [1.82, 2.24) is 10.6 Å². The smallest absolute Gasteiger partial charge is 0.315 e. The van der Waals surface area contributed by atoms with Crippen LogP contribution in [0.5, 0.6) is 17.2 Å². The largest absolute Gasteiger partial charge is 0.496 e. The monoisotopic (exact) mass is 442 g/mol. The van der Waals surface area contributed by atoms with E-state index >= 15 is 0 Å². The molecule has 0 heterocycles. The van der Waals surface area contributed by atoms with Crippen LogP contribution in [-0.2, 0) is 16.4 Å². The summed E-state index contributed by atoms with van der Waals surface area (Å²) in [5.41, 5.74) is 0.625. The molecule has 0 fully saturated rings. The van der Waals surface area contributed by atoms with Gasteiger partial charge < -0.3 is 24.8 Å². The van der Waals surface area contributed by atoms with Crippen LogP contribution in [0.15, 0.2) is 41.3 Å². The van der Waals surface area contributed by atoms with Gasteiger partial charge in [0, 0.05) is 23.7 Å². The Labute approximate surface area is 175 Å². The molecule has 2 N–H and O–H groups in total. The highest BCUT2D eigenvalue weighted by molar-refractivity contribution is 7.91. The SMILES string of the molecule is COc1cc(OC)c(CNC(=O)NCCS(=O)(=O)c2ccc(Cl)cc2)c(OC)c1. The zero-order valence-electron chi connectivity index (χ0n) is 16.3. The first-order valence-corrected chi connectivity index (χ1v) is 10.6. The Morgan fingerprint density at radius 3 is 2.07 bits per heavy atom. The molecule has 0 saturated carbocycles. The maximum absolute atomic E-state index is 12.3. The molecule has 0 aliphatic rings. The van der Waals surface area contributed by atoms with Crippen molar-refractivity contribution in [3.05, 3.63) is 47.0 Å². The third-order valence-electron chi connectivity index (χ3n) is 4.07. The highest BCUT2D eigenvalue weighted by atomic mass is 35.5. The number of nitrogens with one attached hydrogen (secondary N) is 2. The fourth-order valence-electron chi connectivity index (χ4n) is 2.54. The van der Waals surface area contributed by atoms with Gasteiger partial charge in [-0.1, -0.05) is 11.6 Å². The van der Waals surface area contributed by atoms with Gasteiger partial charge in [0.25, 0.3) is 0 Å². The average Bonchev–Trinajstić information content (AvgIpc) is 2.71. The second-order valence-electron chi connectivity index (χ2n) is 5.89. The van der Waals surface area contributed by atoms with E-state index in [1.165, 1.54) is 45.6 Å². The van der Waals surface area contributed by atoms with Gasteiger partial charge in [-0.05, 0) is 24.3 Å². The van der Waals surface area contributed by atoms with Crippen molar-refractivity contribution in [2.45, 2.75) is 11.4 Å². The first kappa shape index (κ1) is 22.6. The average molecular weight is 443 g/mol. The van der Waals surface area contributed by atoms with Gasteiger partial charge in [-0.2, -0.15) is 0 Å². The van der Waals surface area contributed by atoms with Crippen LogP contribution in [0.25, 0.3) is 0 Å². The molecule has 2 aromatic carbocycles. The van der Waals surface area contributed by atoms with Crippen molar-refractivity contribution >= 4 is 27.5 Å². The topological polar surface area (TPSA) is 103 Å². The molecular weight excluding hydrogens is 420 g/mol. The molecule has 0 atom stereocenters. The van der Waals surface area contributed by atoms with E-state index in [-0.39, 0.29) is 23.7 Å². The number of amides is 2. The Morgan fingerprint density at radius 1 is 0.966 bits per heavy atom. The first-order valence-electron chi connectivity index (χ1n) is 8.59. The number of hydrogen-bond donors (Lipinski definition) is 2. The number of benzene rings is 2. The third-order valence-corrected chi connectivity index (χ3v) is 6.06. The summed E-state index contributed by atoms with van der Waals surface area (Å²) < 4.78 is 40.4. The molecule has 2 rings (SSSR count). The van der Waals surface area contributed by atoms with E-state index in [1.807, 2.05) is 0 Å². The lowest BCUT2D eigenvalue weighted by Crippen LogP contribution is -2.37. The van der Waals surface area contributed by atoms with E-state index in [1.54, 1.807) is 12.1 Å². The molecule has 0 radical (unpaired) electrons. The molecule has 8 nitrogen and oxygen atoms in total. The maximum Gasteiger partial charge on any atom is 0.315 e. The van der Waals surface area contributed by atoms with Crippen LogP contribution < -0.4 is 24.8 Å². The van der Waals surface area contributed by atoms with Gasteiger partial charge in [0.1, 0.15) is 17.2 Å². The lowest BCUT2D eigenvalue weighted by Gasteiger charge is -2.16. The molecular formula is C19H23ClN2O6S. The number of carbonyl (C=O) groups excluding carboxylic acids is 1. The van der Waals surface area contributed by atoms with Gasteiger partial charge >= 0.3 is 6.03 Å². The molecule has 2 aromatic rings. The Morgan fingerprint density at radius 2 is 1.55 bits per heavy atom. The van der Waals surface area contributed by atoms with Gasteiger partial charge in [0.15, 0.2) is 9.84 Å². The minimum absolute atomic E-state index is 0.0479. The summed E-state index contributed by atoms with van der Waals surface area (Å²) in [6.45, 7) is 0.0692. The molecule has 29 heavy (non-hydrogen) atoms. The molecule has 0 aliphatic carbocycles. The number of ether oxygens (including phenoxy) is 3. The Bertz CT molecular complexity index is 923. The van der Waals surface area contributed by atoms with E-state index in [4.69, 9.17) is 25.8 Å². The first-order chi connectivity index (χ1) is 13.8. The highest BCUT2D eigenvalue weighted by Gasteiger charge is 2.16. The van der Waals surface area contributed by atoms with Crippen molar-refractivity contribution in [3.63, 3.8) is 0 Å². The zero-order valence-corrected chi connectivity index (χ0v) is 17.9. The Hall–Kier alpha value is -2.65. The quantitative estimate of drug-likeness (QED) is 0.618. The Kier molecular flexibility index (Phi) is 7.98. The van der Waals surface area contributed by atoms with Gasteiger partial charge in [-0.25, -0.2) is 13.2 Å². The summed E-state index contributed by atoms with van der Waals surface area (Å²) in [5.74, 6) is 1.30. The van der Waals surface area contributed by atoms with E-state index < -0.39 is 15.9 Å². The van der Waals surface area contributed by atoms with Crippen molar-refractivity contribution in [2.75, 3.05) is 33.6 Å². The number of methoxy groups -OCH3 is 3. The van der Waals surface area contributed by atoms with Crippen molar-refractivity contribution in [3.8, 4) is 17.2 Å². The molecule has 0 aromatic heterocycles. The fraction of sp³-hybridized carbons (Fsp3) is 0.316. The van der Waals surface area contributed by atoms with Crippen LogP contribution in [0.4, 0.5) is 4.79 Å². The van der Waals surface area contributed by atoms with Gasteiger partial charge in [-0.3, -0.25) is 0 Å². The van der Waals surface area contributed by atoms with E-state index in [0.717, 1.165) is 0 Å². The minimum atomic E-state index is -3.52. The molecule has 0 unspecified atom stereocenters. The number of urea groups is 1. The molecule has 0 bridgehead atoms. The third kappa shape index (κ3) is 6.16. The number of rotatable bonds is 9. The molecule has 10 heteroatoms. The Balaban J connectivity index is 1.93. The van der Waals surface area contributed by atoms with Crippen LogP contribution in [0, 0.1) is 0 Å². The number of carbonyl (C=O) groups is 1. The van der Waals surface area contributed by atoms with E-state index in [9.17, 15) is 13.2 Å². The lowest BCUT2D eigenvalue weighted by molar-refractivity contribution is 0.241. The zero-order chi connectivity index (χ0) is 21.4. The second kappa shape index (κ2) is 10.2. The lowest BCUT2D eigenvalue weighted by atomic mass is 10.1. The standard InChI is InChI=1S/C19H23ClN2O6S/c1-26-14-10-17(27-2)16(18(11-14)28-3)12-22-19(23)21-8-9-29(24,25)15-6-4-13(20)5-7-15/h4-7,10-11H,8-9,12H2,1-3H3,(H2,21,22,23). The fourth-order valence-corrected chi connectivity index (χ4v) is 3.83. The van der Waals surface area contributed by atoms with Crippen LogP contribution in [-0.4, -0.2) is 48.1 Å². The normalized spacial score (nSPS) is 10.9. The maximum atomic E-state index is 12.3. The van der Waals surface area contributed by atoms with Gasteiger partial charge in [0.2, 0.25) is 0 Å². The van der Waals surface area contributed by atoms with Gasteiger partial charge in [0.05, 0.1) is 44.1 Å². The summed E-state index contributed by atoms with van der Waals surface area (Å²) in [6.07, 6.45) is 0. The summed E-state index contributed by atoms with van der Waals surface area (Å²) in [6, 6.07) is 8.71. The van der Waals surface area contributed by atoms with Crippen molar-refractivity contribution in [2.24, 2.45) is 0 Å². The highest BCUT2D eigenvalue weighted by Crippen LogP contribution is 2.33. The van der Waals surface area contributed by atoms with Crippen LogP contribution >= 0.6 is 11.6 Å². The predicted molar refractivity (Wildman–Crippen MR) is 110 cm³/mol. The van der Waals surface area contributed by atoms with Gasteiger partial charge in [-0.15, -0.1) is 0 Å². The van der Waals surface area contributed by atoms with Crippen molar-refractivity contribution < 1.29 is 27.4 Å². The van der Waals surface area contributed by atoms with E-state index in [2.05, 4.69) is 10.6 Å². The summed E-state index contributed by atoms with van der Waals surface area (Å²) in [7, 11) is 1.00. The molecule has 0 spiro atoms. The summed E-state index contributed by atoms with van der Waals surface area (Å²) >= 11 is 5.77. The molecule has 158 valence electrons. The predicted octanol–water partition coefficient (Wildman–Crippen LogP) is 2.64. The number of hydrogen-bond acceptors (Lipinski definition) is 6. The molecule has 0 aliphatic heterocycles. The molecule has 2 amide bonds.